The first-order valence-corrected chi connectivity index (χ1v) is 6.68. The lowest BCUT2D eigenvalue weighted by atomic mass is 10.1. The van der Waals surface area contributed by atoms with E-state index in [-0.39, 0.29) is 25.1 Å². The molecule has 0 heterocycles. The van der Waals surface area contributed by atoms with Crippen molar-refractivity contribution in [1.82, 2.24) is 5.32 Å². The van der Waals surface area contributed by atoms with Crippen molar-refractivity contribution in [3.05, 3.63) is 42.5 Å². The summed E-state index contributed by atoms with van der Waals surface area (Å²) < 4.78 is 5.85. The van der Waals surface area contributed by atoms with Gasteiger partial charge in [0.2, 0.25) is 0 Å². The van der Waals surface area contributed by atoms with E-state index in [1.165, 1.54) is 0 Å². The number of benzene rings is 2. The van der Waals surface area contributed by atoms with Crippen molar-refractivity contribution in [1.29, 1.82) is 0 Å². The average Bonchev–Trinajstić information content (AvgIpc) is 2.43. The van der Waals surface area contributed by atoms with Gasteiger partial charge in [-0.1, -0.05) is 50.2 Å². The molecule has 0 saturated heterocycles. The Hall–Kier alpha value is -1.29. The zero-order valence-corrected chi connectivity index (χ0v) is 12.7. The standard InChI is InChI=1S/C16H21NO2.ClH/c1-12(2)17-14(10-18)11-19-16-9-5-7-13-6-3-4-8-15(13)16;/h3-9,12,14,17-18H,10-11H2,1-2H3;1H. The summed E-state index contributed by atoms with van der Waals surface area (Å²) in [7, 11) is 0. The van der Waals surface area contributed by atoms with Crippen molar-refractivity contribution in [2.24, 2.45) is 0 Å². The summed E-state index contributed by atoms with van der Waals surface area (Å²) in [6.07, 6.45) is 0. The van der Waals surface area contributed by atoms with E-state index in [0.29, 0.717) is 12.6 Å². The summed E-state index contributed by atoms with van der Waals surface area (Å²) in [4.78, 5) is 0. The van der Waals surface area contributed by atoms with E-state index in [4.69, 9.17) is 4.74 Å². The maximum Gasteiger partial charge on any atom is 0.127 e. The molecular weight excluding hydrogens is 274 g/mol. The van der Waals surface area contributed by atoms with Gasteiger partial charge in [0.15, 0.2) is 0 Å². The number of hydrogen-bond acceptors (Lipinski definition) is 3. The monoisotopic (exact) mass is 295 g/mol. The lowest BCUT2D eigenvalue weighted by Crippen LogP contribution is -2.41. The van der Waals surface area contributed by atoms with Crippen LogP contribution in [0.2, 0.25) is 0 Å². The van der Waals surface area contributed by atoms with E-state index in [1.807, 2.05) is 24.3 Å². The van der Waals surface area contributed by atoms with Gasteiger partial charge in [0.05, 0.1) is 12.6 Å². The minimum absolute atomic E-state index is 0. The van der Waals surface area contributed by atoms with Crippen LogP contribution in [0.1, 0.15) is 13.8 Å². The van der Waals surface area contributed by atoms with Gasteiger partial charge < -0.3 is 15.2 Å². The minimum atomic E-state index is -0.0426. The molecule has 20 heavy (non-hydrogen) atoms. The molecule has 0 aliphatic heterocycles. The molecule has 0 aliphatic rings. The van der Waals surface area contributed by atoms with Crippen molar-refractivity contribution < 1.29 is 9.84 Å². The topological polar surface area (TPSA) is 41.5 Å². The summed E-state index contributed by atoms with van der Waals surface area (Å²) in [5.41, 5.74) is 0. The van der Waals surface area contributed by atoms with Crippen molar-refractivity contribution in [3.8, 4) is 5.75 Å². The van der Waals surface area contributed by atoms with Crippen molar-refractivity contribution in [2.45, 2.75) is 25.9 Å². The highest BCUT2D eigenvalue weighted by atomic mass is 35.5. The second-order valence-corrected chi connectivity index (χ2v) is 4.99. The Morgan fingerprint density at radius 3 is 2.50 bits per heavy atom. The first kappa shape index (κ1) is 16.8. The van der Waals surface area contributed by atoms with Crippen molar-refractivity contribution >= 4 is 23.2 Å². The van der Waals surface area contributed by atoms with Crippen LogP contribution in [0.4, 0.5) is 0 Å². The maximum absolute atomic E-state index is 9.32. The summed E-state index contributed by atoms with van der Waals surface area (Å²) in [5, 5.41) is 14.9. The molecule has 0 aromatic heterocycles. The highest BCUT2D eigenvalue weighted by molar-refractivity contribution is 5.88. The number of ether oxygens (including phenoxy) is 1. The summed E-state index contributed by atoms with van der Waals surface area (Å²) in [6, 6.07) is 14.4. The molecule has 3 nitrogen and oxygen atoms in total. The summed E-state index contributed by atoms with van der Waals surface area (Å²) >= 11 is 0. The quantitative estimate of drug-likeness (QED) is 0.861. The van der Waals surface area contributed by atoms with Crippen LogP contribution < -0.4 is 10.1 Å². The van der Waals surface area contributed by atoms with E-state index in [0.717, 1.165) is 16.5 Å². The molecular formula is C16H22ClNO2. The smallest absolute Gasteiger partial charge is 0.127 e. The van der Waals surface area contributed by atoms with Gasteiger partial charge in [-0.2, -0.15) is 0 Å². The molecule has 0 saturated carbocycles. The van der Waals surface area contributed by atoms with Crippen molar-refractivity contribution in [2.75, 3.05) is 13.2 Å². The molecule has 0 aliphatic carbocycles. The maximum atomic E-state index is 9.32. The van der Waals surface area contributed by atoms with Gasteiger partial charge in [-0.3, -0.25) is 0 Å². The lowest BCUT2D eigenvalue weighted by molar-refractivity contribution is 0.178. The molecule has 110 valence electrons. The molecule has 0 fully saturated rings. The molecule has 2 aromatic carbocycles. The summed E-state index contributed by atoms with van der Waals surface area (Å²) in [6.45, 7) is 4.65. The van der Waals surface area contributed by atoms with Crippen LogP contribution in [0.5, 0.6) is 5.75 Å². The van der Waals surface area contributed by atoms with Crippen LogP contribution >= 0.6 is 12.4 Å². The minimum Gasteiger partial charge on any atom is -0.491 e. The van der Waals surface area contributed by atoms with Crippen LogP contribution in [-0.4, -0.2) is 30.4 Å². The molecule has 0 amide bonds. The predicted octanol–water partition coefficient (Wildman–Crippen LogP) is 3.00. The van der Waals surface area contributed by atoms with Crippen LogP contribution in [0.25, 0.3) is 10.8 Å². The Morgan fingerprint density at radius 1 is 1.10 bits per heavy atom. The fraction of sp³-hybridized carbons (Fsp3) is 0.375. The van der Waals surface area contributed by atoms with Crippen LogP contribution in [0.15, 0.2) is 42.5 Å². The Morgan fingerprint density at radius 2 is 1.80 bits per heavy atom. The highest BCUT2D eigenvalue weighted by Gasteiger charge is 2.10. The second-order valence-electron chi connectivity index (χ2n) is 4.99. The molecule has 4 heteroatoms. The largest absolute Gasteiger partial charge is 0.491 e. The molecule has 2 rings (SSSR count). The number of fused-ring (bicyclic) bond motifs is 1. The van der Waals surface area contributed by atoms with Crippen LogP contribution in [-0.2, 0) is 0 Å². The Kier molecular flexibility index (Phi) is 6.79. The fourth-order valence-electron chi connectivity index (χ4n) is 2.14. The number of halogens is 1. The highest BCUT2D eigenvalue weighted by Crippen LogP contribution is 2.25. The third kappa shape index (κ3) is 4.37. The number of rotatable bonds is 6. The zero-order valence-electron chi connectivity index (χ0n) is 11.9. The molecule has 1 atom stereocenters. The fourth-order valence-corrected chi connectivity index (χ4v) is 2.14. The molecule has 2 N–H and O–H groups in total. The SMILES string of the molecule is CC(C)NC(CO)COc1cccc2ccccc12.Cl. The molecule has 0 bridgehead atoms. The number of nitrogens with one attached hydrogen (secondary N) is 1. The van der Waals surface area contributed by atoms with Gasteiger partial charge in [-0.15, -0.1) is 12.4 Å². The number of aliphatic hydroxyl groups is 1. The van der Waals surface area contributed by atoms with E-state index in [2.05, 4.69) is 37.4 Å². The van der Waals surface area contributed by atoms with E-state index >= 15 is 0 Å². The van der Waals surface area contributed by atoms with Crippen LogP contribution in [0, 0.1) is 0 Å². The molecule has 1 unspecified atom stereocenters. The second kappa shape index (κ2) is 8.10. The Bertz CT molecular complexity index is 525. The molecule has 0 radical (unpaired) electrons. The van der Waals surface area contributed by atoms with E-state index in [1.54, 1.807) is 0 Å². The Balaban J connectivity index is 0.00000200. The van der Waals surface area contributed by atoms with Gasteiger partial charge in [-0.05, 0) is 11.5 Å². The van der Waals surface area contributed by atoms with E-state index in [9.17, 15) is 5.11 Å². The average molecular weight is 296 g/mol. The molecule has 0 spiro atoms. The first-order valence-electron chi connectivity index (χ1n) is 6.68. The third-order valence-electron chi connectivity index (χ3n) is 2.98. The van der Waals surface area contributed by atoms with Gasteiger partial charge in [0.1, 0.15) is 12.4 Å². The van der Waals surface area contributed by atoms with Gasteiger partial charge >= 0.3 is 0 Å². The first-order chi connectivity index (χ1) is 9.20. The van der Waals surface area contributed by atoms with Crippen molar-refractivity contribution in [3.63, 3.8) is 0 Å². The summed E-state index contributed by atoms with van der Waals surface area (Å²) in [5.74, 6) is 0.863. The van der Waals surface area contributed by atoms with E-state index < -0.39 is 0 Å². The zero-order chi connectivity index (χ0) is 13.7. The van der Waals surface area contributed by atoms with Gasteiger partial charge in [0.25, 0.3) is 0 Å². The predicted molar refractivity (Wildman–Crippen MR) is 85.8 cm³/mol. The third-order valence-corrected chi connectivity index (χ3v) is 2.98. The molecule has 2 aromatic rings. The Labute approximate surface area is 126 Å². The number of aliphatic hydroxyl groups excluding tert-OH is 1. The normalized spacial score (nSPS) is 12.2. The van der Waals surface area contributed by atoms with Gasteiger partial charge in [0, 0.05) is 11.4 Å². The lowest BCUT2D eigenvalue weighted by Gasteiger charge is -2.20. The number of hydrogen-bond donors (Lipinski definition) is 2. The van der Waals surface area contributed by atoms with Crippen LogP contribution in [0.3, 0.4) is 0 Å². The van der Waals surface area contributed by atoms with Gasteiger partial charge in [-0.25, -0.2) is 0 Å².